The molecule has 0 radical (unpaired) electrons. The normalized spacial score (nSPS) is 19.4. The Morgan fingerprint density at radius 2 is 2.04 bits per heavy atom. The molecule has 0 spiro atoms. The number of fused-ring (bicyclic) bond motifs is 1. The largest absolute Gasteiger partial charge is 0.372 e. The average Bonchev–Trinajstić information content (AvgIpc) is 3.38. The molecule has 5 rings (SSSR count). The van der Waals surface area contributed by atoms with Gasteiger partial charge in [-0.05, 0) is 72.6 Å². The summed E-state index contributed by atoms with van der Waals surface area (Å²) < 4.78 is 6.03. The SMILES string of the molecule is Clc1cc(-c2c3c(nc([C@H]4CCCO4)c2-c2nn[nH]n2)CCCCC3)ccn1. The van der Waals surface area contributed by atoms with Crippen molar-refractivity contribution < 1.29 is 4.74 Å². The molecule has 144 valence electrons. The third-order valence-corrected chi connectivity index (χ3v) is 5.78. The van der Waals surface area contributed by atoms with Gasteiger partial charge in [0.25, 0.3) is 0 Å². The number of nitrogens with zero attached hydrogens (tertiary/aromatic N) is 5. The summed E-state index contributed by atoms with van der Waals surface area (Å²) in [5.74, 6) is 0.549. The van der Waals surface area contributed by atoms with E-state index in [0.717, 1.165) is 73.2 Å². The molecule has 0 aromatic carbocycles. The minimum absolute atomic E-state index is 0.0434. The van der Waals surface area contributed by atoms with E-state index in [0.29, 0.717) is 11.0 Å². The van der Waals surface area contributed by atoms with Crippen LogP contribution in [-0.2, 0) is 17.6 Å². The summed E-state index contributed by atoms with van der Waals surface area (Å²) in [5, 5.41) is 15.5. The van der Waals surface area contributed by atoms with Crippen LogP contribution in [0.15, 0.2) is 18.3 Å². The van der Waals surface area contributed by atoms with Crippen molar-refractivity contribution in [3.63, 3.8) is 0 Å². The molecule has 1 fully saturated rings. The van der Waals surface area contributed by atoms with Crippen molar-refractivity contribution >= 4 is 11.6 Å². The van der Waals surface area contributed by atoms with Gasteiger partial charge in [-0.2, -0.15) is 5.21 Å². The summed E-state index contributed by atoms with van der Waals surface area (Å²) in [5.41, 5.74) is 6.37. The van der Waals surface area contributed by atoms with Crippen LogP contribution in [0.2, 0.25) is 5.15 Å². The molecule has 28 heavy (non-hydrogen) atoms. The van der Waals surface area contributed by atoms with E-state index in [1.807, 2.05) is 12.1 Å². The van der Waals surface area contributed by atoms with Gasteiger partial charge in [-0.1, -0.05) is 18.0 Å². The molecule has 4 heterocycles. The molecule has 1 aliphatic carbocycles. The molecular weight excluding hydrogens is 376 g/mol. The Balaban J connectivity index is 1.84. The van der Waals surface area contributed by atoms with Crippen LogP contribution in [0.1, 0.15) is 55.2 Å². The first-order valence-corrected chi connectivity index (χ1v) is 10.2. The molecule has 0 saturated carbocycles. The van der Waals surface area contributed by atoms with Crippen LogP contribution in [0.3, 0.4) is 0 Å². The van der Waals surface area contributed by atoms with Gasteiger partial charge in [-0.3, -0.25) is 4.98 Å². The number of ether oxygens (including phenoxy) is 1. The van der Waals surface area contributed by atoms with Crippen LogP contribution in [-0.4, -0.2) is 37.2 Å². The highest BCUT2D eigenvalue weighted by molar-refractivity contribution is 6.29. The molecule has 3 aromatic heterocycles. The maximum atomic E-state index is 6.25. The molecule has 2 aliphatic rings. The van der Waals surface area contributed by atoms with Crippen molar-refractivity contribution in [2.45, 2.75) is 51.0 Å². The van der Waals surface area contributed by atoms with E-state index in [1.165, 1.54) is 12.0 Å². The maximum Gasteiger partial charge on any atom is 0.207 e. The lowest BCUT2D eigenvalue weighted by atomic mass is 9.88. The van der Waals surface area contributed by atoms with E-state index in [9.17, 15) is 0 Å². The molecule has 1 N–H and O–H groups in total. The minimum Gasteiger partial charge on any atom is -0.372 e. The quantitative estimate of drug-likeness (QED) is 0.529. The summed E-state index contributed by atoms with van der Waals surface area (Å²) >= 11 is 6.25. The molecule has 1 saturated heterocycles. The van der Waals surface area contributed by atoms with Crippen LogP contribution < -0.4 is 0 Å². The van der Waals surface area contributed by atoms with Gasteiger partial charge in [-0.25, -0.2) is 4.98 Å². The number of aromatic amines is 1. The number of halogens is 1. The summed E-state index contributed by atoms with van der Waals surface area (Å²) in [4.78, 5) is 9.29. The average molecular weight is 397 g/mol. The fraction of sp³-hybridized carbons (Fsp3) is 0.450. The van der Waals surface area contributed by atoms with Crippen LogP contribution in [0, 0.1) is 0 Å². The second-order valence-corrected chi connectivity index (χ2v) is 7.72. The Kier molecular flexibility index (Phi) is 4.78. The molecule has 3 aromatic rings. The Hall–Kier alpha value is -2.38. The first-order valence-electron chi connectivity index (χ1n) is 9.84. The number of nitrogens with one attached hydrogen (secondary N) is 1. The molecule has 1 aliphatic heterocycles. The van der Waals surface area contributed by atoms with E-state index < -0.39 is 0 Å². The highest BCUT2D eigenvalue weighted by Crippen LogP contribution is 2.43. The Morgan fingerprint density at radius 3 is 2.82 bits per heavy atom. The highest BCUT2D eigenvalue weighted by Gasteiger charge is 2.31. The summed E-state index contributed by atoms with van der Waals surface area (Å²) in [6.07, 6.45) is 9.15. The molecule has 7 nitrogen and oxygen atoms in total. The lowest BCUT2D eigenvalue weighted by Crippen LogP contribution is -2.11. The summed E-state index contributed by atoms with van der Waals surface area (Å²) in [7, 11) is 0. The lowest BCUT2D eigenvalue weighted by molar-refractivity contribution is 0.109. The van der Waals surface area contributed by atoms with Crippen molar-refractivity contribution in [3.05, 3.63) is 40.4 Å². The fourth-order valence-electron chi connectivity index (χ4n) is 4.34. The molecule has 8 heteroatoms. The van der Waals surface area contributed by atoms with Gasteiger partial charge in [-0.15, -0.1) is 10.2 Å². The van der Waals surface area contributed by atoms with Crippen LogP contribution >= 0.6 is 11.6 Å². The van der Waals surface area contributed by atoms with Crippen molar-refractivity contribution in [1.29, 1.82) is 0 Å². The van der Waals surface area contributed by atoms with Crippen molar-refractivity contribution in [2.75, 3.05) is 6.61 Å². The predicted octanol–water partition coefficient (Wildman–Crippen LogP) is 4.10. The lowest BCUT2D eigenvalue weighted by Gasteiger charge is -2.22. The molecular formula is C20H21ClN6O. The zero-order valence-corrected chi connectivity index (χ0v) is 16.2. The van der Waals surface area contributed by atoms with E-state index in [2.05, 4.69) is 25.6 Å². The minimum atomic E-state index is -0.0434. The van der Waals surface area contributed by atoms with Gasteiger partial charge in [0.15, 0.2) is 0 Å². The van der Waals surface area contributed by atoms with Gasteiger partial charge in [0, 0.05) is 18.5 Å². The molecule has 1 atom stereocenters. The number of rotatable bonds is 3. The number of tetrazole rings is 1. The zero-order chi connectivity index (χ0) is 18.9. The zero-order valence-electron chi connectivity index (χ0n) is 15.5. The van der Waals surface area contributed by atoms with Gasteiger partial charge < -0.3 is 4.74 Å². The number of hydrogen-bond donors (Lipinski definition) is 1. The van der Waals surface area contributed by atoms with Crippen molar-refractivity contribution in [1.82, 2.24) is 30.6 Å². The van der Waals surface area contributed by atoms with Gasteiger partial charge in [0.2, 0.25) is 5.82 Å². The number of aromatic nitrogens is 6. The van der Waals surface area contributed by atoms with Crippen molar-refractivity contribution in [2.24, 2.45) is 0 Å². The van der Waals surface area contributed by atoms with Crippen molar-refractivity contribution in [3.8, 4) is 22.5 Å². The Morgan fingerprint density at radius 1 is 1.11 bits per heavy atom. The number of aryl methyl sites for hydroxylation is 1. The predicted molar refractivity (Wildman–Crippen MR) is 105 cm³/mol. The van der Waals surface area contributed by atoms with E-state index in [1.54, 1.807) is 6.20 Å². The Bertz CT molecular complexity index is 985. The van der Waals surface area contributed by atoms with Crippen LogP contribution in [0.5, 0.6) is 0 Å². The Labute approximate surface area is 167 Å². The standard InChI is InChI=1S/C20H21ClN6O/c21-16-11-12(8-9-22-16)17-13-5-2-1-3-6-14(13)23-19(15-7-4-10-28-15)18(17)20-24-26-27-25-20/h8-9,11,15H,1-7,10H2,(H,24,25,26,27)/t15-/m1/s1. The molecule has 0 amide bonds. The van der Waals surface area contributed by atoms with E-state index >= 15 is 0 Å². The van der Waals surface area contributed by atoms with Gasteiger partial charge in [0.1, 0.15) is 11.3 Å². The second kappa shape index (κ2) is 7.56. The van der Waals surface area contributed by atoms with Gasteiger partial charge in [0.05, 0.1) is 11.3 Å². The monoisotopic (exact) mass is 396 g/mol. The summed E-state index contributed by atoms with van der Waals surface area (Å²) in [6, 6.07) is 3.90. The second-order valence-electron chi connectivity index (χ2n) is 7.34. The maximum absolute atomic E-state index is 6.25. The van der Waals surface area contributed by atoms with Gasteiger partial charge >= 0.3 is 0 Å². The first kappa shape index (κ1) is 17.7. The fourth-order valence-corrected chi connectivity index (χ4v) is 4.51. The first-order chi connectivity index (χ1) is 13.8. The number of H-pyrrole nitrogens is 1. The topological polar surface area (TPSA) is 89.5 Å². The third kappa shape index (κ3) is 3.18. The molecule has 0 bridgehead atoms. The number of pyridine rings is 2. The smallest absolute Gasteiger partial charge is 0.207 e. The third-order valence-electron chi connectivity index (χ3n) is 5.57. The van der Waals surface area contributed by atoms with E-state index in [4.69, 9.17) is 21.3 Å². The van der Waals surface area contributed by atoms with E-state index in [-0.39, 0.29) is 6.10 Å². The van der Waals surface area contributed by atoms with Crippen LogP contribution in [0.25, 0.3) is 22.5 Å². The summed E-state index contributed by atoms with van der Waals surface area (Å²) in [6.45, 7) is 0.755. The van der Waals surface area contributed by atoms with Crippen LogP contribution in [0.4, 0.5) is 0 Å². The highest BCUT2D eigenvalue weighted by atomic mass is 35.5. The number of hydrogen-bond acceptors (Lipinski definition) is 6. The molecule has 0 unspecified atom stereocenters.